The summed E-state index contributed by atoms with van der Waals surface area (Å²) in [5.41, 5.74) is 0.0857. The van der Waals surface area contributed by atoms with Gasteiger partial charge in [-0.15, -0.1) is 0 Å². The van der Waals surface area contributed by atoms with E-state index in [9.17, 15) is 14.7 Å². The molecule has 0 bridgehead atoms. The van der Waals surface area contributed by atoms with Gasteiger partial charge in [0.15, 0.2) is 0 Å². The fourth-order valence-corrected chi connectivity index (χ4v) is 2.50. The Morgan fingerprint density at radius 3 is 2.65 bits per heavy atom. The quantitative estimate of drug-likeness (QED) is 0.863. The Kier molecular flexibility index (Phi) is 4.09. The minimum Gasteiger partial charge on any atom is -0.481 e. The Morgan fingerprint density at radius 2 is 2.05 bits per heavy atom. The number of carboxylic acid groups (broad SMARTS) is 1. The number of benzene rings is 1. The second kappa shape index (κ2) is 5.63. The van der Waals surface area contributed by atoms with Crippen LogP contribution in [0.2, 0.25) is 0 Å². The zero-order valence-electron chi connectivity index (χ0n) is 11.8. The molecule has 0 spiro atoms. The fourth-order valence-electron chi connectivity index (χ4n) is 2.50. The van der Waals surface area contributed by atoms with Gasteiger partial charge in [0.2, 0.25) is 5.91 Å². The Morgan fingerprint density at radius 1 is 1.40 bits per heavy atom. The molecule has 1 unspecified atom stereocenters. The summed E-state index contributed by atoms with van der Waals surface area (Å²) in [5, 5.41) is 12.3. The summed E-state index contributed by atoms with van der Waals surface area (Å²) < 4.78 is 0. The van der Waals surface area contributed by atoms with Crippen LogP contribution in [-0.4, -0.2) is 47.1 Å². The Hall–Kier alpha value is -1.88. The maximum absolute atomic E-state index is 11.9. The van der Waals surface area contributed by atoms with Gasteiger partial charge >= 0.3 is 5.97 Å². The van der Waals surface area contributed by atoms with Gasteiger partial charge in [0.05, 0.1) is 11.5 Å². The first kappa shape index (κ1) is 14.5. The van der Waals surface area contributed by atoms with Crippen molar-refractivity contribution >= 4 is 11.9 Å². The molecule has 1 heterocycles. The Bertz CT molecular complexity index is 499. The summed E-state index contributed by atoms with van der Waals surface area (Å²) in [4.78, 5) is 25.4. The van der Waals surface area contributed by atoms with E-state index < -0.39 is 17.4 Å². The number of carbonyl (C=O) groups is 2. The molecule has 1 aliphatic heterocycles. The standard InChI is InChI=1S/C15H20N2O3/c1-15(2)14(20)16-8-9-17(15)10-12(13(18)19)11-6-4-3-5-7-11/h3-7,12H,8-10H2,1-2H3,(H,16,20)(H,18,19). The van der Waals surface area contributed by atoms with Crippen LogP contribution in [0.15, 0.2) is 30.3 Å². The molecule has 1 atom stereocenters. The molecule has 1 aromatic rings. The molecule has 0 radical (unpaired) electrons. The summed E-state index contributed by atoms with van der Waals surface area (Å²) in [7, 11) is 0. The maximum atomic E-state index is 11.9. The molecular weight excluding hydrogens is 256 g/mol. The van der Waals surface area contributed by atoms with E-state index in [1.54, 1.807) is 0 Å². The topological polar surface area (TPSA) is 69.6 Å². The Balaban J connectivity index is 2.21. The molecule has 20 heavy (non-hydrogen) atoms. The maximum Gasteiger partial charge on any atom is 0.312 e. The van der Waals surface area contributed by atoms with Crippen LogP contribution in [0.25, 0.3) is 0 Å². The van der Waals surface area contributed by atoms with E-state index >= 15 is 0 Å². The number of carboxylic acids is 1. The van der Waals surface area contributed by atoms with E-state index in [0.717, 1.165) is 5.56 Å². The first-order valence-corrected chi connectivity index (χ1v) is 6.74. The SMILES string of the molecule is CC1(C)C(=O)NCCN1CC(C(=O)O)c1ccccc1. The second-order valence-corrected chi connectivity index (χ2v) is 5.56. The van der Waals surface area contributed by atoms with Crippen LogP contribution in [0.4, 0.5) is 0 Å². The van der Waals surface area contributed by atoms with E-state index in [2.05, 4.69) is 5.32 Å². The lowest BCUT2D eigenvalue weighted by molar-refractivity contribution is -0.142. The van der Waals surface area contributed by atoms with E-state index in [1.165, 1.54) is 0 Å². The van der Waals surface area contributed by atoms with Crippen LogP contribution in [0.5, 0.6) is 0 Å². The van der Waals surface area contributed by atoms with Crippen molar-refractivity contribution in [2.45, 2.75) is 25.3 Å². The molecule has 1 amide bonds. The van der Waals surface area contributed by atoms with Crippen molar-refractivity contribution in [3.63, 3.8) is 0 Å². The van der Waals surface area contributed by atoms with E-state index in [1.807, 2.05) is 49.1 Å². The van der Waals surface area contributed by atoms with Crippen molar-refractivity contribution in [3.05, 3.63) is 35.9 Å². The van der Waals surface area contributed by atoms with Gasteiger partial charge in [-0.1, -0.05) is 30.3 Å². The molecule has 1 aliphatic rings. The predicted molar refractivity (Wildman–Crippen MR) is 75.5 cm³/mol. The molecular formula is C15H20N2O3. The number of aliphatic carboxylic acids is 1. The fraction of sp³-hybridized carbons (Fsp3) is 0.467. The van der Waals surface area contributed by atoms with Crippen molar-refractivity contribution in [1.82, 2.24) is 10.2 Å². The molecule has 2 rings (SSSR count). The molecule has 1 saturated heterocycles. The van der Waals surface area contributed by atoms with Gasteiger partial charge in [-0.05, 0) is 19.4 Å². The zero-order valence-corrected chi connectivity index (χ0v) is 11.8. The largest absolute Gasteiger partial charge is 0.481 e. The third-order valence-corrected chi connectivity index (χ3v) is 3.92. The van der Waals surface area contributed by atoms with Crippen molar-refractivity contribution in [3.8, 4) is 0 Å². The molecule has 0 saturated carbocycles. The lowest BCUT2D eigenvalue weighted by Crippen LogP contribution is -2.62. The van der Waals surface area contributed by atoms with Crippen LogP contribution in [0, 0.1) is 0 Å². The molecule has 5 heteroatoms. The number of amides is 1. The van der Waals surface area contributed by atoms with Gasteiger partial charge in [-0.3, -0.25) is 14.5 Å². The van der Waals surface area contributed by atoms with Crippen molar-refractivity contribution in [1.29, 1.82) is 0 Å². The van der Waals surface area contributed by atoms with Crippen molar-refractivity contribution < 1.29 is 14.7 Å². The van der Waals surface area contributed by atoms with Gasteiger partial charge in [0.1, 0.15) is 0 Å². The van der Waals surface area contributed by atoms with E-state index in [0.29, 0.717) is 19.6 Å². The third kappa shape index (κ3) is 2.82. The van der Waals surface area contributed by atoms with Gasteiger partial charge in [-0.2, -0.15) is 0 Å². The predicted octanol–water partition coefficient (Wildman–Crippen LogP) is 1.07. The highest BCUT2D eigenvalue weighted by atomic mass is 16.4. The molecule has 108 valence electrons. The summed E-state index contributed by atoms with van der Waals surface area (Å²) in [6.45, 7) is 5.20. The van der Waals surface area contributed by atoms with Gasteiger partial charge in [0.25, 0.3) is 0 Å². The number of piperazine rings is 1. The number of rotatable bonds is 4. The van der Waals surface area contributed by atoms with Crippen LogP contribution >= 0.6 is 0 Å². The van der Waals surface area contributed by atoms with Gasteiger partial charge in [0, 0.05) is 19.6 Å². The number of hydrogen-bond donors (Lipinski definition) is 2. The van der Waals surface area contributed by atoms with Crippen LogP contribution in [0.3, 0.4) is 0 Å². The van der Waals surface area contributed by atoms with Crippen molar-refractivity contribution in [2.75, 3.05) is 19.6 Å². The average molecular weight is 276 g/mol. The molecule has 1 fully saturated rings. The molecule has 5 nitrogen and oxygen atoms in total. The molecule has 0 aliphatic carbocycles. The van der Waals surface area contributed by atoms with Crippen LogP contribution in [-0.2, 0) is 9.59 Å². The zero-order chi connectivity index (χ0) is 14.8. The number of nitrogens with zero attached hydrogens (tertiary/aromatic N) is 1. The van der Waals surface area contributed by atoms with Gasteiger partial charge < -0.3 is 10.4 Å². The number of hydrogen-bond acceptors (Lipinski definition) is 3. The molecule has 0 aromatic heterocycles. The van der Waals surface area contributed by atoms with E-state index in [4.69, 9.17) is 0 Å². The van der Waals surface area contributed by atoms with Crippen molar-refractivity contribution in [2.24, 2.45) is 0 Å². The highest BCUT2D eigenvalue weighted by Gasteiger charge is 2.39. The van der Waals surface area contributed by atoms with Crippen LogP contribution in [0.1, 0.15) is 25.3 Å². The lowest BCUT2D eigenvalue weighted by atomic mass is 9.93. The van der Waals surface area contributed by atoms with Gasteiger partial charge in [-0.25, -0.2) is 0 Å². The minimum atomic E-state index is -0.863. The molecule has 1 aromatic carbocycles. The third-order valence-electron chi connectivity index (χ3n) is 3.92. The summed E-state index contributed by atoms with van der Waals surface area (Å²) in [6, 6.07) is 9.16. The summed E-state index contributed by atoms with van der Waals surface area (Å²) in [6.07, 6.45) is 0. The average Bonchev–Trinajstić information content (AvgIpc) is 2.41. The summed E-state index contributed by atoms with van der Waals surface area (Å²) in [5.74, 6) is -1.54. The second-order valence-electron chi connectivity index (χ2n) is 5.56. The Labute approximate surface area is 118 Å². The number of nitrogens with one attached hydrogen (secondary N) is 1. The summed E-state index contributed by atoms with van der Waals surface area (Å²) >= 11 is 0. The normalized spacial score (nSPS) is 20.2. The number of carbonyl (C=O) groups excluding carboxylic acids is 1. The smallest absolute Gasteiger partial charge is 0.312 e. The highest BCUT2D eigenvalue weighted by Crippen LogP contribution is 2.24. The first-order chi connectivity index (χ1) is 9.43. The first-order valence-electron chi connectivity index (χ1n) is 6.74. The van der Waals surface area contributed by atoms with Crippen LogP contribution < -0.4 is 5.32 Å². The monoisotopic (exact) mass is 276 g/mol. The lowest BCUT2D eigenvalue weighted by Gasteiger charge is -2.42. The highest BCUT2D eigenvalue weighted by molar-refractivity contribution is 5.86. The minimum absolute atomic E-state index is 0.0547. The molecule has 2 N–H and O–H groups in total. The van der Waals surface area contributed by atoms with E-state index in [-0.39, 0.29) is 5.91 Å².